The van der Waals surface area contributed by atoms with Crippen molar-refractivity contribution >= 4 is 0 Å². The van der Waals surface area contributed by atoms with Gasteiger partial charge in [-0.15, -0.1) is 0 Å². The highest BCUT2D eigenvalue weighted by molar-refractivity contribution is 5.22. The van der Waals surface area contributed by atoms with Crippen LogP contribution in [0.3, 0.4) is 0 Å². The third-order valence-corrected chi connectivity index (χ3v) is 6.61. The quantitative estimate of drug-likeness (QED) is 0.136. The van der Waals surface area contributed by atoms with Gasteiger partial charge in [0.1, 0.15) is 0 Å². The Labute approximate surface area is 267 Å². The van der Waals surface area contributed by atoms with Gasteiger partial charge < -0.3 is 0 Å². The summed E-state index contributed by atoms with van der Waals surface area (Å²) in [4.78, 5) is 0. The predicted molar refractivity (Wildman–Crippen MR) is 99.7 cm³/mol. The van der Waals surface area contributed by atoms with Crippen molar-refractivity contribution in [2.75, 3.05) is 0 Å². The van der Waals surface area contributed by atoms with Crippen molar-refractivity contribution < 1.29 is 145 Å². The second-order valence-corrected chi connectivity index (χ2v) is 10.8. The Morgan fingerprint density at radius 2 is 0.358 bits per heavy atom. The first kappa shape index (κ1) is 50.7. The smallest absolute Gasteiger partial charge is 0.200 e. The van der Waals surface area contributed by atoms with Crippen LogP contribution in [0.15, 0.2) is 0 Å². The third kappa shape index (κ3) is 5.96. The molecular formula is C20H9F33. The maximum absolute atomic E-state index is 13.9. The zero-order valence-corrected chi connectivity index (χ0v) is 23.8. The molecule has 0 saturated carbocycles. The molecule has 0 aromatic carbocycles. The first-order valence-corrected chi connectivity index (χ1v) is 11.9. The second kappa shape index (κ2) is 12.3. The monoisotopic (exact) mass is 876 g/mol. The molecule has 0 bridgehead atoms. The average Bonchev–Trinajstić information content (AvgIpc) is 2.89. The zero-order chi connectivity index (χ0) is 44.3. The molecule has 0 aliphatic carbocycles. The van der Waals surface area contributed by atoms with Gasteiger partial charge in [0, 0.05) is 6.42 Å². The van der Waals surface area contributed by atoms with Gasteiger partial charge in [-0.2, -0.15) is 145 Å². The molecule has 0 spiro atoms. The summed E-state index contributed by atoms with van der Waals surface area (Å²) in [5.41, 5.74) is 0. The third-order valence-electron chi connectivity index (χ3n) is 6.61. The first-order chi connectivity index (χ1) is 22.2. The molecule has 0 aliphatic heterocycles. The van der Waals surface area contributed by atoms with Crippen LogP contribution in [0, 0.1) is 5.92 Å². The SMILES string of the molecule is CC(C)CC(F)(F)C(F)(F)C(F)(F)C(F)(F)C(F)(F)C(F)(F)C(F)(F)C(F)(F)C(F)(F)C(F)(F)C(F)(F)C(F)(F)C(F)(F)C(F)(F)C(F)(F)C(F)(F)F. The van der Waals surface area contributed by atoms with Crippen molar-refractivity contribution in [2.45, 2.75) is 115 Å². The second-order valence-electron chi connectivity index (χ2n) is 10.8. The molecule has 0 atom stereocenters. The lowest BCUT2D eigenvalue weighted by Gasteiger charge is -2.47. The fourth-order valence-corrected chi connectivity index (χ4v) is 3.41. The van der Waals surface area contributed by atoms with Crippen LogP contribution in [-0.4, -0.2) is 95.0 Å². The Bertz CT molecular complexity index is 1310. The summed E-state index contributed by atoms with van der Waals surface area (Å²) in [5.74, 6) is -144. The van der Waals surface area contributed by atoms with Crippen molar-refractivity contribution in [2.24, 2.45) is 5.92 Å². The Hall–Kier alpha value is -2.31. The summed E-state index contributed by atoms with van der Waals surface area (Å²) in [5, 5.41) is 0. The van der Waals surface area contributed by atoms with Gasteiger partial charge in [-0.3, -0.25) is 0 Å². The zero-order valence-electron chi connectivity index (χ0n) is 23.8. The summed E-state index contributed by atoms with van der Waals surface area (Å²) >= 11 is 0. The predicted octanol–water partition coefficient (Wildman–Crippen LogP) is 12.1. The van der Waals surface area contributed by atoms with Crippen LogP contribution in [-0.2, 0) is 0 Å². The minimum absolute atomic E-state index is 0.311. The minimum atomic E-state index is -10.2. The lowest BCUT2D eigenvalue weighted by molar-refractivity contribution is -0.491. The fraction of sp³-hybridized carbons (Fsp3) is 1.00. The molecular weight excluding hydrogens is 867 g/mol. The van der Waals surface area contributed by atoms with Gasteiger partial charge in [-0.1, -0.05) is 13.8 Å². The van der Waals surface area contributed by atoms with Crippen LogP contribution in [0.2, 0.25) is 0 Å². The molecule has 53 heavy (non-hydrogen) atoms. The van der Waals surface area contributed by atoms with Crippen molar-refractivity contribution in [1.82, 2.24) is 0 Å². The van der Waals surface area contributed by atoms with Gasteiger partial charge in [0.15, 0.2) is 0 Å². The van der Waals surface area contributed by atoms with Crippen LogP contribution in [0.4, 0.5) is 145 Å². The first-order valence-electron chi connectivity index (χ1n) is 11.9. The highest BCUT2D eigenvalue weighted by atomic mass is 19.4. The van der Waals surface area contributed by atoms with E-state index >= 15 is 0 Å². The Morgan fingerprint density at radius 3 is 0.491 bits per heavy atom. The summed E-state index contributed by atoms with van der Waals surface area (Å²) < 4.78 is 446. The largest absolute Gasteiger partial charge is 0.460 e. The van der Waals surface area contributed by atoms with E-state index in [9.17, 15) is 145 Å². The van der Waals surface area contributed by atoms with E-state index < -0.39 is 107 Å². The molecule has 0 aromatic heterocycles. The van der Waals surface area contributed by atoms with Gasteiger partial charge in [0.05, 0.1) is 0 Å². The van der Waals surface area contributed by atoms with Gasteiger partial charge in [0.2, 0.25) is 0 Å². The highest BCUT2D eigenvalue weighted by Crippen LogP contribution is 2.70. The Balaban J connectivity index is 7.71. The normalized spacial score (nSPS) is 17.2. The van der Waals surface area contributed by atoms with Gasteiger partial charge in [-0.05, 0) is 5.92 Å². The van der Waals surface area contributed by atoms with E-state index in [1.165, 1.54) is 0 Å². The molecule has 0 aliphatic rings. The van der Waals surface area contributed by atoms with Gasteiger partial charge >= 0.3 is 95.0 Å². The Kier molecular flexibility index (Phi) is 11.8. The number of rotatable bonds is 16. The molecule has 33 heteroatoms. The molecule has 0 N–H and O–H groups in total. The maximum atomic E-state index is 13.9. The summed E-state index contributed by atoms with van der Waals surface area (Å²) in [6.45, 7) is 0.622. The van der Waals surface area contributed by atoms with Crippen LogP contribution in [0.1, 0.15) is 20.3 Å². The molecule has 0 nitrogen and oxygen atoms in total. The number of hydrogen-bond donors (Lipinski definition) is 0. The lowest BCUT2D eigenvalue weighted by atomic mass is 9.82. The molecule has 0 saturated heterocycles. The molecule has 0 rings (SSSR count). The van der Waals surface area contributed by atoms with Crippen molar-refractivity contribution in [3.63, 3.8) is 0 Å². The van der Waals surface area contributed by atoms with Crippen molar-refractivity contribution in [3.8, 4) is 0 Å². The van der Waals surface area contributed by atoms with Crippen LogP contribution >= 0.6 is 0 Å². The van der Waals surface area contributed by atoms with Gasteiger partial charge in [-0.25, -0.2) is 0 Å². The van der Waals surface area contributed by atoms with E-state index in [4.69, 9.17) is 0 Å². The van der Waals surface area contributed by atoms with Gasteiger partial charge in [0.25, 0.3) is 0 Å². The molecule has 320 valence electrons. The maximum Gasteiger partial charge on any atom is 0.460 e. The molecule has 0 amide bonds. The number of halogens is 33. The standard InChI is InChI=1S/C20H9F33/c1-4(2)3-5(21,22)6(23,24)7(25,26)8(27,28)9(29,30)10(31,32)11(33,34)12(35,36)13(37,38)14(39,40)15(41,42)16(43,44)17(45,46)18(47,48)19(49,50)20(51,52)53/h4H,3H2,1-2H3. The summed E-state index contributed by atoms with van der Waals surface area (Å²) in [7, 11) is 0. The lowest BCUT2D eigenvalue weighted by Crippen LogP contribution is -2.80. The van der Waals surface area contributed by atoms with E-state index in [0.717, 1.165) is 0 Å². The molecule has 0 unspecified atom stereocenters. The highest BCUT2D eigenvalue weighted by Gasteiger charge is 3.01. The van der Waals surface area contributed by atoms with E-state index in [2.05, 4.69) is 0 Å². The van der Waals surface area contributed by atoms with E-state index in [1.54, 1.807) is 0 Å². The van der Waals surface area contributed by atoms with Crippen molar-refractivity contribution in [1.29, 1.82) is 0 Å². The number of hydrogen-bond acceptors (Lipinski definition) is 0. The van der Waals surface area contributed by atoms with Crippen LogP contribution in [0.5, 0.6) is 0 Å². The summed E-state index contributed by atoms with van der Waals surface area (Å²) in [6.07, 6.45) is -11.3. The Morgan fingerprint density at radius 1 is 0.226 bits per heavy atom. The van der Waals surface area contributed by atoms with E-state index in [1.807, 2.05) is 0 Å². The molecule has 0 fully saturated rings. The van der Waals surface area contributed by atoms with E-state index in [-0.39, 0.29) is 0 Å². The topological polar surface area (TPSA) is 0 Å². The molecule has 0 radical (unpaired) electrons. The molecule has 0 heterocycles. The summed E-state index contributed by atoms with van der Waals surface area (Å²) in [6, 6.07) is 0. The number of alkyl halides is 33. The average molecular weight is 876 g/mol. The van der Waals surface area contributed by atoms with E-state index in [0.29, 0.717) is 13.8 Å². The van der Waals surface area contributed by atoms with Crippen LogP contribution in [0.25, 0.3) is 0 Å². The molecule has 0 aromatic rings. The van der Waals surface area contributed by atoms with Crippen molar-refractivity contribution in [3.05, 3.63) is 0 Å². The fourth-order valence-electron chi connectivity index (χ4n) is 3.41. The minimum Gasteiger partial charge on any atom is -0.200 e. The van der Waals surface area contributed by atoms with Crippen LogP contribution < -0.4 is 0 Å².